The molecule has 2 saturated heterocycles. The van der Waals surface area contributed by atoms with Crippen LogP contribution in [0.4, 0.5) is 13.2 Å². The van der Waals surface area contributed by atoms with Crippen molar-refractivity contribution >= 4 is 5.91 Å². The first-order chi connectivity index (χ1) is 11.9. The third-order valence-electron chi connectivity index (χ3n) is 5.46. The van der Waals surface area contributed by atoms with E-state index in [4.69, 9.17) is 5.73 Å². The number of amides is 1. The summed E-state index contributed by atoms with van der Waals surface area (Å²) in [6.07, 6.45) is -4.04. The van der Waals surface area contributed by atoms with Crippen LogP contribution in [-0.4, -0.2) is 54.6 Å². The second kappa shape index (κ2) is 6.96. The van der Waals surface area contributed by atoms with Crippen molar-refractivity contribution in [3.63, 3.8) is 0 Å². The molecule has 0 aromatic heterocycles. The van der Waals surface area contributed by atoms with Crippen molar-refractivity contribution in [2.75, 3.05) is 32.7 Å². The van der Waals surface area contributed by atoms with Gasteiger partial charge in [0.15, 0.2) is 5.41 Å². The topological polar surface area (TPSA) is 49.6 Å². The van der Waals surface area contributed by atoms with Crippen molar-refractivity contribution < 1.29 is 18.0 Å². The minimum Gasteiger partial charge on any atom is -0.342 e. The molecule has 1 aromatic carbocycles. The Morgan fingerprint density at radius 2 is 1.96 bits per heavy atom. The molecule has 2 N–H and O–H groups in total. The molecule has 0 bridgehead atoms. The molecule has 0 radical (unpaired) electrons. The van der Waals surface area contributed by atoms with E-state index in [0.717, 1.165) is 5.56 Å². The predicted molar refractivity (Wildman–Crippen MR) is 88.6 cm³/mol. The fourth-order valence-electron chi connectivity index (χ4n) is 3.90. The molecule has 2 unspecified atom stereocenters. The molecule has 2 aliphatic heterocycles. The fraction of sp³-hybridized carbons (Fsp3) is 0.611. The monoisotopic (exact) mass is 355 g/mol. The molecule has 0 aliphatic carbocycles. The lowest BCUT2D eigenvalue weighted by Gasteiger charge is -2.34. The molecule has 25 heavy (non-hydrogen) atoms. The van der Waals surface area contributed by atoms with Crippen molar-refractivity contribution in [2.24, 2.45) is 17.1 Å². The summed E-state index contributed by atoms with van der Waals surface area (Å²) in [6, 6.07) is 9.39. The van der Waals surface area contributed by atoms with Gasteiger partial charge in [-0.15, -0.1) is 0 Å². The summed E-state index contributed by atoms with van der Waals surface area (Å²) in [5, 5.41) is 0. The van der Waals surface area contributed by atoms with E-state index in [2.05, 4.69) is 0 Å². The Kier molecular flexibility index (Phi) is 5.06. The smallest absolute Gasteiger partial charge is 0.342 e. The molecule has 1 amide bonds. The highest BCUT2D eigenvalue weighted by molar-refractivity contribution is 5.84. The summed E-state index contributed by atoms with van der Waals surface area (Å²) in [7, 11) is 0. The lowest BCUT2D eigenvalue weighted by Crippen LogP contribution is -2.53. The van der Waals surface area contributed by atoms with Crippen molar-refractivity contribution in [1.82, 2.24) is 9.80 Å². The van der Waals surface area contributed by atoms with E-state index in [0.29, 0.717) is 32.6 Å². The number of nitrogens with zero attached hydrogens (tertiary/aromatic N) is 2. The molecular formula is C18H24F3N3O. The van der Waals surface area contributed by atoms with Gasteiger partial charge in [0.1, 0.15) is 0 Å². The van der Waals surface area contributed by atoms with E-state index in [-0.39, 0.29) is 25.4 Å². The average molecular weight is 355 g/mol. The standard InChI is InChI=1S/C18H24F3N3O/c19-18(20,21)17(16(25)24-8-6-15(10-22)12-24)7-9-23(13-17)11-14-4-2-1-3-5-14/h1-5,15H,6-13,22H2. The maximum atomic E-state index is 13.9. The van der Waals surface area contributed by atoms with E-state index in [1.165, 1.54) is 4.90 Å². The number of carbonyl (C=O) groups is 1. The van der Waals surface area contributed by atoms with Gasteiger partial charge < -0.3 is 10.6 Å². The Morgan fingerprint density at radius 3 is 2.56 bits per heavy atom. The van der Waals surface area contributed by atoms with Gasteiger partial charge in [-0.25, -0.2) is 0 Å². The zero-order chi connectivity index (χ0) is 18.1. The number of likely N-dealkylation sites (tertiary alicyclic amines) is 2. The average Bonchev–Trinajstić information content (AvgIpc) is 3.22. The molecular weight excluding hydrogens is 331 g/mol. The van der Waals surface area contributed by atoms with E-state index >= 15 is 0 Å². The molecule has 0 spiro atoms. The van der Waals surface area contributed by atoms with E-state index in [1.807, 2.05) is 30.3 Å². The van der Waals surface area contributed by atoms with Crippen LogP contribution >= 0.6 is 0 Å². The third kappa shape index (κ3) is 3.53. The van der Waals surface area contributed by atoms with Crippen LogP contribution in [0.25, 0.3) is 0 Å². The number of rotatable bonds is 4. The van der Waals surface area contributed by atoms with Crippen LogP contribution in [0.15, 0.2) is 30.3 Å². The number of hydrogen-bond donors (Lipinski definition) is 1. The first-order valence-electron chi connectivity index (χ1n) is 8.68. The highest BCUT2D eigenvalue weighted by atomic mass is 19.4. The van der Waals surface area contributed by atoms with Gasteiger partial charge in [-0.3, -0.25) is 9.69 Å². The molecule has 3 rings (SSSR count). The number of alkyl halides is 3. The first kappa shape index (κ1) is 18.2. The van der Waals surface area contributed by atoms with E-state index in [1.54, 1.807) is 4.90 Å². The minimum atomic E-state index is -4.55. The SMILES string of the molecule is NCC1CCN(C(=O)C2(C(F)(F)F)CCN(Cc3ccccc3)C2)C1. The highest BCUT2D eigenvalue weighted by Crippen LogP contribution is 2.47. The van der Waals surface area contributed by atoms with Gasteiger partial charge in [0.2, 0.25) is 5.91 Å². The minimum absolute atomic E-state index is 0.107. The van der Waals surface area contributed by atoms with Gasteiger partial charge in [0, 0.05) is 26.2 Å². The van der Waals surface area contributed by atoms with Crippen LogP contribution in [0, 0.1) is 11.3 Å². The Labute approximate surface area is 145 Å². The van der Waals surface area contributed by atoms with Crippen LogP contribution in [0.3, 0.4) is 0 Å². The first-order valence-corrected chi connectivity index (χ1v) is 8.68. The summed E-state index contributed by atoms with van der Waals surface area (Å²) in [5.74, 6) is -0.664. The van der Waals surface area contributed by atoms with Crippen molar-refractivity contribution in [3.8, 4) is 0 Å². The summed E-state index contributed by atoms with van der Waals surface area (Å²) >= 11 is 0. The lowest BCUT2D eigenvalue weighted by molar-refractivity contribution is -0.223. The van der Waals surface area contributed by atoms with Crippen molar-refractivity contribution in [3.05, 3.63) is 35.9 Å². The molecule has 1 aromatic rings. The molecule has 4 nitrogen and oxygen atoms in total. The maximum absolute atomic E-state index is 13.9. The van der Waals surface area contributed by atoms with Crippen molar-refractivity contribution in [2.45, 2.75) is 25.6 Å². The number of nitrogens with two attached hydrogens (primary N) is 1. The number of halogens is 3. The van der Waals surface area contributed by atoms with Crippen LogP contribution in [0.5, 0.6) is 0 Å². The Bertz CT molecular complexity index is 607. The molecule has 138 valence electrons. The summed E-state index contributed by atoms with van der Waals surface area (Å²) in [4.78, 5) is 15.9. The highest BCUT2D eigenvalue weighted by Gasteiger charge is 2.64. The zero-order valence-corrected chi connectivity index (χ0v) is 14.1. The quantitative estimate of drug-likeness (QED) is 0.901. The Balaban J connectivity index is 1.76. The normalized spacial score (nSPS) is 27.8. The molecule has 2 heterocycles. The van der Waals surface area contributed by atoms with Gasteiger partial charge in [0.25, 0.3) is 0 Å². The Hall–Kier alpha value is -1.60. The second-order valence-electron chi connectivity index (χ2n) is 7.17. The van der Waals surface area contributed by atoms with Gasteiger partial charge in [-0.05, 0) is 37.4 Å². The lowest BCUT2D eigenvalue weighted by atomic mass is 9.84. The van der Waals surface area contributed by atoms with Crippen LogP contribution in [0.1, 0.15) is 18.4 Å². The summed E-state index contributed by atoms with van der Waals surface area (Å²) in [6.45, 7) is 1.55. The largest absolute Gasteiger partial charge is 0.404 e. The predicted octanol–water partition coefficient (Wildman–Crippen LogP) is 2.25. The number of benzene rings is 1. The summed E-state index contributed by atoms with van der Waals surface area (Å²) < 4.78 is 41.7. The molecule has 2 atom stereocenters. The van der Waals surface area contributed by atoms with Gasteiger partial charge in [0.05, 0.1) is 0 Å². The second-order valence-corrected chi connectivity index (χ2v) is 7.17. The summed E-state index contributed by atoms with van der Waals surface area (Å²) in [5.41, 5.74) is 4.28. The van der Waals surface area contributed by atoms with Gasteiger partial charge in [-0.2, -0.15) is 13.2 Å². The third-order valence-corrected chi connectivity index (χ3v) is 5.46. The van der Waals surface area contributed by atoms with Gasteiger partial charge >= 0.3 is 6.18 Å². The maximum Gasteiger partial charge on any atom is 0.404 e. The molecule has 7 heteroatoms. The van der Waals surface area contributed by atoms with Crippen LogP contribution in [-0.2, 0) is 11.3 Å². The Morgan fingerprint density at radius 1 is 1.24 bits per heavy atom. The van der Waals surface area contributed by atoms with Gasteiger partial charge in [-0.1, -0.05) is 30.3 Å². The number of carbonyl (C=O) groups excluding carboxylic acids is 1. The number of hydrogen-bond acceptors (Lipinski definition) is 3. The van der Waals surface area contributed by atoms with Crippen molar-refractivity contribution in [1.29, 1.82) is 0 Å². The zero-order valence-electron chi connectivity index (χ0n) is 14.1. The van der Waals surface area contributed by atoms with Crippen LogP contribution < -0.4 is 5.73 Å². The van der Waals surface area contributed by atoms with Crippen LogP contribution in [0.2, 0.25) is 0 Å². The molecule has 2 aliphatic rings. The molecule has 0 saturated carbocycles. The molecule has 2 fully saturated rings. The van der Waals surface area contributed by atoms with E-state index in [9.17, 15) is 18.0 Å². The fourth-order valence-corrected chi connectivity index (χ4v) is 3.90. The van der Waals surface area contributed by atoms with E-state index < -0.39 is 17.5 Å².